The quantitative estimate of drug-likeness (QED) is 0.0985. The number of hydrogen-bond donors (Lipinski definition) is 2. The molecule has 12 nitrogen and oxygen atoms in total. The van der Waals surface area contributed by atoms with Crippen LogP contribution in [0.2, 0.25) is 0 Å². The van der Waals surface area contributed by atoms with E-state index in [0.717, 1.165) is 12.8 Å². The van der Waals surface area contributed by atoms with Crippen molar-refractivity contribution >= 4 is 0 Å². The summed E-state index contributed by atoms with van der Waals surface area (Å²) < 4.78 is 57.6. The van der Waals surface area contributed by atoms with E-state index in [9.17, 15) is 5.11 Å². The molecule has 0 saturated carbocycles. The van der Waals surface area contributed by atoms with Gasteiger partial charge in [-0.3, -0.25) is 0 Å². The van der Waals surface area contributed by atoms with Crippen molar-refractivity contribution in [3.63, 3.8) is 0 Å². The monoisotopic (exact) mass is 670 g/mol. The van der Waals surface area contributed by atoms with Gasteiger partial charge in [-0.1, -0.05) is 13.3 Å². The zero-order valence-electron chi connectivity index (χ0n) is 30.6. The van der Waals surface area contributed by atoms with Crippen LogP contribution in [0, 0.1) is 0 Å². The minimum Gasteiger partial charge on any atom is -0.394 e. The van der Waals surface area contributed by atoms with E-state index in [1.165, 1.54) is 0 Å². The molecule has 0 heterocycles. The van der Waals surface area contributed by atoms with Crippen LogP contribution in [0.3, 0.4) is 0 Å². The first-order chi connectivity index (χ1) is 21.9. The number of hydrogen-bond acceptors (Lipinski definition) is 12. The zero-order valence-corrected chi connectivity index (χ0v) is 30.6. The molecule has 0 aromatic rings. The van der Waals surface area contributed by atoms with Crippen LogP contribution in [0.1, 0.15) is 82.1 Å². The lowest BCUT2D eigenvalue weighted by molar-refractivity contribution is -0.112. The maximum Gasteiger partial charge on any atom is 0.101 e. The molecule has 0 fully saturated rings. The first kappa shape index (κ1) is 45.5. The van der Waals surface area contributed by atoms with Gasteiger partial charge < -0.3 is 57.6 Å². The van der Waals surface area contributed by atoms with Crippen molar-refractivity contribution < 1.29 is 57.6 Å². The van der Waals surface area contributed by atoms with Gasteiger partial charge in [0, 0.05) is 6.61 Å². The summed E-state index contributed by atoms with van der Waals surface area (Å²) in [4.78, 5) is 0. The molecule has 0 aliphatic rings. The zero-order chi connectivity index (χ0) is 34.7. The molecule has 0 saturated heterocycles. The van der Waals surface area contributed by atoms with E-state index in [-0.39, 0.29) is 74.8 Å². The summed E-state index contributed by atoms with van der Waals surface area (Å²) >= 11 is 0. The molecule has 46 heavy (non-hydrogen) atoms. The SMILES string of the molecule is CCCCOCC(O)COC(C)COC(C)COC(C)COC(C)COC(C)COC(C)COC(C)COC(C)COC(C)CO. The molecule has 0 amide bonds. The lowest BCUT2D eigenvalue weighted by Crippen LogP contribution is -2.31. The molecule has 10 atom stereocenters. The maximum absolute atomic E-state index is 9.95. The third kappa shape index (κ3) is 28.5. The summed E-state index contributed by atoms with van der Waals surface area (Å²) in [5.41, 5.74) is 0. The maximum atomic E-state index is 9.95. The van der Waals surface area contributed by atoms with Crippen molar-refractivity contribution in [2.75, 3.05) is 79.3 Å². The Bertz CT molecular complexity index is 660. The Labute approximate surface area is 280 Å². The van der Waals surface area contributed by atoms with Gasteiger partial charge in [-0.05, 0) is 68.7 Å². The predicted octanol–water partition coefficient (Wildman–Crippen LogP) is 3.80. The summed E-state index contributed by atoms with van der Waals surface area (Å²) in [6, 6.07) is 0. The average molecular weight is 671 g/mol. The Morgan fingerprint density at radius 3 is 0.913 bits per heavy atom. The molecule has 0 aromatic heterocycles. The fraction of sp³-hybridized carbons (Fsp3) is 1.00. The van der Waals surface area contributed by atoms with E-state index in [4.69, 9.17) is 52.5 Å². The first-order valence-corrected chi connectivity index (χ1v) is 17.3. The van der Waals surface area contributed by atoms with E-state index >= 15 is 0 Å². The third-order valence-corrected chi connectivity index (χ3v) is 6.71. The van der Waals surface area contributed by atoms with Gasteiger partial charge in [0.2, 0.25) is 0 Å². The predicted molar refractivity (Wildman–Crippen MR) is 178 cm³/mol. The Morgan fingerprint density at radius 1 is 0.391 bits per heavy atom. The average Bonchev–Trinajstić information content (AvgIpc) is 3.04. The lowest BCUT2D eigenvalue weighted by atomic mass is 10.3. The molecule has 12 heteroatoms. The molecule has 0 radical (unpaired) electrons. The highest BCUT2D eigenvalue weighted by molar-refractivity contribution is 4.61. The summed E-state index contributed by atoms with van der Waals surface area (Å²) in [5.74, 6) is 0. The van der Waals surface area contributed by atoms with Gasteiger partial charge >= 0.3 is 0 Å². The summed E-state index contributed by atoms with van der Waals surface area (Å²) in [6.07, 6.45) is 0.486. The van der Waals surface area contributed by atoms with E-state index in [1.807, 2.05) is 62.3 Å². The number of unbranched alkanes of at least 4 members (excludes halogenated alkanes) is 1. The highest BCUT2D eigenvalue weighted by Crippen LogP contribution is 2.06. The van der Waals surface area contributed by atoms with E-state index < -0.39 is 6.10 Å². The summed E-state index contributed by atoms with van der Waals surface area (Å²) in [6.45, 7) is 24.3. The van der Waals surface area contributed by atoms with Crippen molar-refractivity contribution in [2.45, 2.75) is 143 Å². The molecule has 0 spiro atoms. The Morgan fingerprint density at radius 2 is 0.652 bits per heavy atom. The largest absolute Gasteiger partial charge is 0.394 e. The minimum absolute atomic E-state index is 0.00528. The molecule has 0 aliphatic carbocycles. The van der Waals surface area contributed by atoms with Crippen molar-refractivity contribution in [3.05, 3.63) is 0 Å². The number of rotatable bonds is 33. The first-order valence-electron chi connectivity index (χ1n) is 17.3. The van der Waals surface area contributed by atoms with Crippen molar-refractivity contribution in [3.8, 4) is 0 Å². The molecule has 0 rings (SSSR count). The van der Waals surface area contributed by atoms with Gasteiger partial charge in [-0.25, -0.2) is 0 Å². The second kappa shape index (κ2) is 29.4. The second-order valence-electron chi connectivity index (χ2n) is 12.6. The number of aliphatic hydroxyl groups is 2. The van der Waals surface area contributed by atoms with Crippen molar-refractivity contribution in [1.29, 1.82) is 0 Å². The van der Waals surface area contributed by atoms with Crippen molar-refractivity contribution in [1.82, 2.24) is 0 Å². The van der Waals surface area contributed by atoms with Crippen LogP contribution in [0.5, 0.6) is 0 Å². The molecule has 0 bridgehead atoms. The van der Waals surface area contributed by atoms with Gasteiger partial charge in [0.05, 0.1) is 128 Å². The summed E-state index contributed by atoms with van der Waals surface area (Å²) in [7, 11) is 0. The fourth-order valence-corrected chi connectivity index (χ4v) is 3.63. The highest BCUT2D eigenvalue weighted by atomic mass is 16.6. The van der Waals surface area contributed by atoms with E-state index in [2.05, 4.69) is 6.92 Å². The third-order valence-electron chi connectivity index (χ3n) is 6.71. The Hall–Kier alpha value is -0.480. The van der Waals surface area contributed by atoms with Crippen LogP contribution < -0.4 is 0 Å². The molecule has 0 aromatic carbocycles. The van der Waals surface area contributed by atoms with Gasteiger partial charge in [0.25, 0.3) is 0 Å². The Balaban J connectivity index is 3.89. The van der Waals surface area contributed by atoms with Crippen molar-refractivity contribution in [2.24, 2.45) is 0 Å². The Kier molecular flexibility index (Phi) is 29.1. The molecule has 0 aliphatic heterocycles. The van der Waals surface area contributed by atoms with Gasteiger partial charge in [-0.15, -0.1) is 0 Å². The molecule has 2 N–H and O–H groups in total. The second-order valence-corrected chi connectivity index (χ2v) is 12.6. The minimum atomic E-state index is -0.635. The van der Waals surface area contributed by atoms with Gasteiger partial charge in [-0.2, -0.15) is 0 Å². The van der Waals surface area contributed by atoms with Crippen LogP contribution in [-0.4, -0.2) is 151 Å². The van der Waals surface area contributed by atoms with Crippen LogP contribution in [0.15, 0.2) is 0 Å². The van der Waals surface area contributed by atoms with Gasteiger partial charge in [0.15, 0.2) is 0 Å². The smallest absolute Gasteiger partial charge is 0.101 e. The molecule has 278 valence electrons. The number of aliphatic hydroxyl groups excluding tert-OH is 2. The van der Waals surface area contributed by atoms with Crippen LogP contribution in [-0.2, 0) is 47.4 Å². The van der Waals surface area contributed by atoms with Crippen LogP contribution in [0.25, 0.3) is 0 Å². The lowest BCUT2D eigenvalue weighted by Gasteiger charge is -2.23. The molecule has 10 unspecified atom stereocenters. The van der Waals surface area contributed by atoms with E-state index in [1.54, 1.807) is 0 Å². The van der Waals surface area contributed by atoms with Crippen LogP contribution in [0.4, 0.5) is 0 Å². The fourth-order valence-electron chi connectivity index (χ4n) is 3.63. The molecular weight excluding hydrogens is 600 g/mol. The highest BCUT2D eigenvalue weighted by Gasteiger charge is 2.15. The topological polar surface area (TPSA) is 133 Å². The van der Waals surface area contributed by atoms with Gasteiger partial charge in [0.1, 0.15) is 6.10 Å². The standard InChI is InChI=1S/C34H70O12/c1-11-12-13-37-23-34(36)24-46-33(10)22-45-32(9)21-44-31(8)20-43-30(7)19-42-29(6)18-41-28(5)17-40-27(4)16-39-26(3)15-38-25(2)14-35/h25-36H,11-24H2,1-10H3. The number of ether oxygens (including phenoxy) is 10. The normalized spacial score (nSPS) is 18.8. The summed E-state index contributed by atoms with van der Waals surface area (Å²) in [5, 5.41) is 19.0. The molecular formula is C34H70O12. The van der Waals surface area contributed by atoms with E-state index in [0.29, 0.717) is 59.5 Å². The van der Waals surface area contributed by atoms with Crippen LogP contribution >= 0.6 is 0 Å².